The van der Waals surface area contributed by atoms with Crippen molar-refractivity contribution in [2.45, 2.75) is 19.8 Å². The van der Waals surface area contributed by atoms with Gasteiger partial charge in [-0.05, 0) is 24.6 Å². The third kappa shape index (κ3) is 2.37. The van der Waals surface area contributed by atoms with E-state index in [-0.39, 0.29) is 0 Å². The molecule has 0 saturated carbocycles. The van der Waals surface area contributed by atoms with Crippen LogP contribution in [0, 0.1) is 0 Å². The van der Waals surface area contributed by atoms with E-state index in [9.17, 15) is 0 Å². The van der Waals surface area contributed by atoms with Crippen molar-refractivity contribution >= 4 is 0 Å². The molecule has 0 radical (unpaired) electrons. The molecule has 0 aliphatic rings. The monoisotopic (exact) mass is 255 g/mol. The maximum Gasteiger partial charge on any atom is 0.278 e. The second-order valence-corrected chi connectivity index (χ2v) is 4.17. The smallest absolute Gasteiger partial charge is 0.278 e. The van der Waals surface area contributed by atoms with Gasteiger partial charge < -0.3 is 4.52 Å². The Kier molecular flexibility index (Phi) is 3.06. The molecule has 96 valence electrons. The highest BCUT2D eigenvalue weighted by molar-refractivity contribution is 5.53. The van der Waals surface area contributed by atoms with E-state index in [1.54, 1.807) is 6.20 Å². The van der Waals surface area contributed by atoms with Crippen LogP contribution in [0.4, 0.5) is 0 Å². The largest absolute Gasteiger partial charge is 0.332 e. The Hall–Kier alpha value is -2.50. The molecule has 0 amide bonds. The average molecular weight is 255 g/mol. The molecule has 0 spiro atoms. The van der Waals surface area contributed by atoms with E-state index in [2.05, 4.69) is 32.2 Å². The number of nitrogens with zero attached hydrogens (tertiary/aromatic N) is 4. The summed E-state index contributed by atoms with van der Waals surface area (Å²) < 4.78 is 5.21. The van der Waals surface area contributed by atoms with Gasteiger partial charge >= 0.3 is 0 Å². The molecule has 0 unspecified atom stereocenters. The Balaban J connectivity index is 1.88. The molecule has 19 heavy (non-hydrogen) atoms. The lowest BCUT2D eigenvalue weighted by Gasteiger charge is -1.89. The zero-order valence-electron chi connectivity index (χ0n) is 10.5. The summed E-state index contributed by atoms with van der Waals surface area (Å²) in [5, 5.41) is 11.0. The van der Waals surface area contributed by atoms with Crippen LogP contribution in [0.3, 0.4) is 0 Å². The highest BCUT2D eigenvalue weighted by Crippen LogP contribution is 2.19. The molecule has 1 N–H and O–H groups in total. The minimum absolute atomic E-state index is 0.402. The normalized spacial score (nSPS) is 10.8. The second kappa shape index (κ2) is 5.01. The summed E-state index contributed by atoms with van der Waals surface area (Å²) in [6.45, 7) is 2.12. The van der Waals surface area contributed by atoms with Gasteiger partial charge in [-0.15, -0.1) is 0 Å². The lowest BCUT2D eigenvalue weighted by atomic mass is 10.2. The molecule has 0 aromatic carbocycles. The molecule has 6 heteroatoms. The van der Waals surface area contributed by atoms with Crippen LogP contribution in [0.1, 0.15) is 19.0 Å². The molecular weight excluding hydrogens is 242 g/mol. The zero-order valence-corrected chi connectivity index (χ0v) is 10.5. The number of H-pyrrole nitrogens is 1. The van der Waals surface area contributed by atoms with Gasteiger partial charge in [0.15, 0.2) is 5.69 Å². The molecule has 3 aromatic rings. The maximum absolute atomic E-state index is 5.21. The van der Waals surface area contributed by atoms with Gasteiger partial charge in [0.25, 0.3) is 5.89 Å². The van der Waals surface area contributed by atoms with Gasteiger partial charge in [0.1, 0.15) is 5.69 Å². The minimum atomic E-state index is 0.402. The minimum Gasteiger partial charge on any atom is -0.332 e. The summed E-state index contributed by atoms with van der Waals surface area (Å²) >= 11 is 0. The number of hydrogen-bond donors (Lipinski definition) is 1. The van der Waals surface area contributed by atoms with Crippen molar-refractivity contribution < 1.29 is 4.52 Å². The number of rotatable bonds is 4. The van der Waals surface area contributed by atoms with Crippen LogP contribution in [0.15, 0.2) is 35.0 Å². The first kappa shape index (κ1) is 11.6. The Labute approximate surface area is 109 Å². The topological polar surface area (TPSA) is 80.5 Å². The second-order valence-electron chi connectivity index (χ2n) is 4.17. The lowest BCUT2D eigenvalue weighted by molar-refractivity contribution is 0.430. The van der Waals surface area contributed by atoms with E-state index >= 15 is 0 Å². The fourth-order valence-corrected chi connectivity index (χ4v) is 1.80. The van der Waals surface area contributed by atoms with Crippen LogP contribution in [0.2, 0.25) is 0 Å². The first-order valence-electron chi connectivity index (χ1n) is 6.16. The van der Waals surface area contributed by atoms with Crippen LogP contribution in [-0.4, -0.2) is 25.3 Å². The lowest BCUT2D eigenvalue weighted by Crippen LogP contribution is -1.84. The van der Waals surface area contributed by atoms with E-state index < -0.39 is 0 Å². The maximum atomic E-state index is 5.21. The van der Waals surface area contributed by atoms with E-state index in [0.717, 1.165) is 18.5 Å². The average Bonchev–Trinajstić information content (AvgIpc) is 3.08. The van der Waals surface area contributed by atoms with Crippen LogP contribution < -0.4 is 0 Å². The molecule has 0 bridgehead atoms. The molecule has 0 fully saturated rings. The predicted molar refractivity (Wildman–Crippen MR) is 69.1 cm³/mol. The molecule has 0 aliphatic carbocycles. The number of hydrogen-bond acceptors (Lipinski definition) is 5. The predicted octanol–water partition coefficient (Wildman–Crippen LogP) is 2.47. The highest BCUT2D eigenvalue weighted by Gasteiger charge is 2.13. The van der Waals surface area contributed by atoms with Gasteiger partial charge in [0.05, 0.1) is 0 Å². The van der Waals surface area contributed by atoms with Crippen LogP contribution >= 0.6 is 0 Å². The van der Waals surface area contributed by atoms with Crippen molar-refractivity contribution in [3.05, 3.63) is 36.2 Å². The Morgan fingerprint density at radius 1 is 1.26 bits per heavy atom. The first-order valence-corrected chi connectivity index (χ1v) is 6.16. The summed E-state index contributed by atoms with van der Waals surface area (Å²) in [5.41, 5.74) is 2.41. The SMILES string of the molecule is CCCc1cc(-c2nc(-c3ccccn3)no2)n[nH]1. The third-order valence-electron chi connectivity index (χ3n) is 2.69. The van der Waals surface area contributed by atoms with Gasteiger partial charge in [-0.1, -0.05) is 24.6 Å². The van der Waals surface area contributed by atoms with Crippen molar-refractivity contribution in [1.29, 1.82) is 0 Å². The quantitative estimate of drug-likeness (QED) is 0.774. The number of aromatic amines is 1. The van der Waals surface area contributed by atoms with Gasteiger partial charge in [-0.3, -0.25) is 10.1 Å². The third-order valence-corrected chi connectivity index (χ3v) is 2.69. The van der Waals surface area contributed by atoms with Crippen LogP contribution in [0.25, 0.3) is 23.1 Å². The van der Waals surface area contributed by atoms with Crippen molar-refractivity contribution in [3.63, 3.8) is 0 Å². The number of aromatic nitrogens is 5. The highest BCUT2D eigenvalue weighted by atomic mass is 16.5. The van der Waals surface area contributed by atoms with E-state index in [0.29, 0.717) is 23.1 Å². The van der Waals surface area contributed by atoms with Gasteiger partial charge in [0, 0.05) is 11.9 Å². The summed E-state index contributed by atoms with van der Waals surface area (Å²) in [7, 11) is 0. The molecule has 3 heterocycles. The molecule has 0 aliphatic heterocycles. The molecule has 0 saturated heterocycles. The molecule has 6 nitrogen and oxygen atoms in total. The van der Waals surface area contributed by atoms with Crippen LogP contribution in [-0.2, 0) is 6.42 Å². The van der Waals surface area contributed by atoms with E-state index in [4.69, 9.17) is 4.52 Å². The number of aryl methyl sites for hydroxylation is 1. The molecule has 0 atom stereocenters. The Morgan fingerprint density at radius 2 is 2.21 bits per heavy atom. The van der Waals surface area contributed by atoms with Gasteiger partial charge in [0.2, 0.25) is 5.82 Å². The van der Waals surface area contributed by atoms with Crippen molar-refractivity contribution in [3.8, 4) is 23.1 Å². The molecule has 3 rings (SSSR count). The fourth-order valence-electron chi connectivity index (χ4n) is 1.80. The number of pyridine rings is 1. The fraction of sp³-hybridized carbons (Fsp3) is 0.231. The summed E-state index contributed by atoms with van der Waals surface area (Å²) in [6, 6.07) is 7.49. The van der Waals surface area contributed by atoms with E-state index in [1.165, 1.54) is 0 Å². The molecular formula is C13H13N5O. The standard InChI is InChI=1S/C13H13N5O/c1-2-5-9-8-11(17-16-9)13-15-12(18-19-13)10-6-3-4-7-14-10/h3-4,6-8H,2,5H2,1H3,(H,16,17). The van der Waals surface area contributed by atoms with Crippen LogP contribution in [0.5, 0.6) is 0 Å². The Bertz CT molecular complexity index is 658. The Morgan fingerprint density at radius 3 is 3.00 bits per heavy atom. The van der Waals surface area contributed by atoms with Crippen molar-refractivity contribution in [2.75, 3.05) is 0 Å². The van der Waals surface area contributed by atoms with Gasteiger partial charge in [-0.2, -0.15) is 10.1 Å². The zero-order chi connectivity index (χ0) is 13.1. The van der Waals surface area contributed by atoms with E-state index in [1.807, 2.05) is 24.3 Å². The summed E-state index contributed by atoms with van der Waals surface area (Å²) in [4.78, 5) is 8.48. The first-order chi connectivity index (χ1) is 9.36. The summed E-state index contributed by atoms with van der Waals surface area (Å²) in [5.74, 6) is 0.870. The molecule has 3 aromatic heterocycles. The van der Waals surface area contributed by atoms with Crippen molar-refractivity contribution in [2.24, 2.45) is 0 Å². The van der Waals surface area contributed by atoms with Gasteiger partial charge in [-0.25, -0.2) is 0 Å². The summed E-state index contributed by atoms with van der Waals surface area (Å²) in [6.07, 6.45) is 3.71. The van der Waals surface area contributed by atoms with Crippen molar-refractivity contribution in [1.82, 2.24) is 25.3 Å². The number of nitrogens with one attached hydrogen (secondary N) is 1.